The Morgan fingerprint density at radius 3 is 2.88 bits per heavy atom. The van der Waals surface area contributed by atoms with Gasteiger partial charge in [-0.25, -0.2) is 4.68 Å². The largest absolute Gasteiger partial charge is 0.336 e. The fourth-order valence-electron chi connectivity index (χ4n) is 3.37. The van der Waals surface area contributed by atoms with Crippen molar-refractivity contribution >= 4 is 17.5 Å². The Morgan fingerprint density at radius 2 is 2.20 bits per heavy atom. The predicted octanol–water partition coefficient (Wildman–Crippen LogP) is 3.47. The van der Waals surface area contributed by atoms with E-state index in [1.165, 1.54) is 6.42 Å². The Labute approximate surface area is 154 Å². The summed E-state index contributed by atoms with van der Waals surface area (Å²) in [6, 6.07) is 7.67. The summed E-state index contributed by atoms with van der Waals surface area (Å²) in [5.74, 6) is 0.0421. The van der Waals surface area contributed by atoms with Crippen molar-refractivity contribution in [2.24, 2.45) is 0 Å². The van der Waals surface area contributed by atoms with Gasteiger partial charge in [0.15, 0.2) is 0 Å². The predicted molar refractivity (Wildman–Crippen MR) is 100 cm³/mol. The number of aromatic nitrogens is 2. The second kappa shape index (κ2) is 8.02. The first kappa shape index (κ1) is 18.0. The molecule has 1 aromatic carbocycles. The molecular formula is C19H25ClN4O. The van der Waals surface area contributed by atoms with Crippen LogP contribution in [0, 0.1) is 0 Å². The first-order valence-electron chi connectivity index (χ1n) is 8.81. The van der Waals surface area contributed by atoms with Crippen LogP contribution in [-0.2, 0) is 0 Å². The van der Waals surface area contributed by atoms with Crippen LogP contribution in [-0.4, -0.2) is 58.7 Å². The summed E-state index contributed by atoms with van der Waals surface area (Å²) in [6.45, 7) is 1.80. The van der Waals surface area contributed by atoms with Gasteiger partial charge in [-0.2, -0.15) is 5.10 Å². The van der Waals surface area contributed by atoms with Gasteiger partial charge in [-0.3, -0.25) is 4.79 Å². The molecule has 1 saturated heterocycles. The van der Waals surface area contributed by atoms with Crippen molar-refractivity contribution in [2.45, 2.75) is 31.7 Å². The molecule has 2 aromatic rings. The summed E-state index contributed by atoms with van der Waals surface area (Å²) >= 11 is 6.44. The van der Waals surface area contributed by atoms with Gasteiger partial charge in [-0.05, 0) is 70.6 Å². The van der Waals surface area contributed by atoms with Crippen LogP contribution in [0.25, 0.3) is 5.69 Å². The highest BCUT2D eigenvalue weighted by atomic mass is 35.5. The maximum atomic E-state index is 13.1. The van der Waals surface area contributed by atoms with E-state index in [2.05, 4.69) is 24.1 Å². The van der Waals surface area contributed by atoms with Gasteiger partial charge in [0.25, 0.3) is 5.91 Å². The highest BCUT2D eigenvalue weighted by Crippen LogP contribution is 2.26. The Hall–Kier alpha value is -1.85. The van der Waals surface area contributed by atoms with E-state index >= 15 is 0 Å². The molecule has 1 atom stereocenters. The Bertz CT molecular complexity index is 714. The van der Waals surface area contributed by atoms with E-state index in [0.717, 1.165) is 38.0 Å². The Kier molecular flexibility index (Phi) is 5.76. The third-order valence-corrected chi connectivity index (χ3v) is 5.06. The van der Waals surface area contributed by atoms with Crippen molar-refractivity contribution in [3.8, 4) is 5.69 Å². The van der Waals surface area contributed by atoms with Crippen molar-refractivity contribution < 1.29 is 4.79 Å². The first-order valence-corrected chi connectivity index (χ1v) is 9.19. The van der Waals surface area contributed by atoms with Crippen LogP contribution in [0.1, 0.15) is 36.0 Å². The van der Waals surface area contributed by atoms with Crippen LogP contribution >= 0.6 is 11.6 Å². The molecule has 0 bridgehead atoms. The molecule has 134 valence electrons. The number of hydrogen-bond acceptors (Lipinski definition) is 3. The second-order valence-electron chi connectivity index (χ2n) is 6.85. The van der Waals surface area contributed by atoms with Crippen LogP contribution in [0.15, 0.2) is 36.7 Å². The maximum absolute atomic E-state index is 13.1. The molecule has 0 aliphatic carbocycles. The highest BCUT2D eigenvalue weighted by Gasteiger charge is 2.28. The molecule has 3 rings (SSSR count). The number of carbonyl (C=O) groups excluding carboxylic acids is 1. The number of carbonyl (C=O) groups is 1. The van der Waals surface area contributed by atoms with E-state index in [1.807, 2.05) is 29.3 Å². The van der Waals surface area contributed by atoms with E-state index in [0.29, 0.717) is 16.6 Å². The van der Waals surface area contributed by atoms with Crippen molar-refractivity contribution in [1.29, 1.82) is 0 Å². The molecule has 5 nitrogen and oxygen atoms in total. The first-order chi connectivity index (χ1) is 12.1. The van der Waals surface area contributed by atoms with E-state index in [4.69, 9.17) is 11.6 Å². The number of likely N-dealkylation sites (tertiary alicyclic amines) is 1. The molecular weight excluding hydrogens is 336 g/mol. The molecule has 1 aliphatic rings. The Morgan fingerprint density at radius 1 is 1.36 bits per heavy atom. The summed E-state index contributed by atoms with van der Waals surface area (Å²) in [4.78, 5) is 17.3. The number of piperidine rings is 1. The van der Waals surface area contributed by atoms with Gasteiger partial charge < -0.3 is 9.80 Å². The lowest BCUT2D eigenvalue weighted by Crippen LogP contribution is -2.45. The average molecular weight is 361 g/mol. The fourth-order valence-corrected chi connectivity index (χ4v) is 3.63. The number of halogens is 1. The molecule has 0 N–H and O–H groups in total. The monoisotopic (exact) mass is 360 g/mol. The fraction of sp³-hybridized carbons (Fsp3) is 0.474. The van der Waals surface area contributed by atoms with Crippen molar-refractivity contribution in [3.05, 3.63) is 47.2 Å². The molecule has 25 heavy (non-hydrogen) atoms. The van der Waals surface area contributed by atoms with E-state index in [1.54, 1.807) is 16.9 Å². The summed E-state index contributed by atoms with van der Waals surface area (Å²) < 4.78 is 1.74. The van der Waals surface area contributed by atoms with Gasteiger partial charge in [0.05, 0.1) is 16.3 Å². The molecule has 1 aliphatic heterocycles. The molecule has 1 amide bonds. The molecule has 1 fully saturated rings. The maximum Gasteiger partial charge on any atom is 0.255 e. The van der Waals surface area contributed by atoms with Gasteiger partial charge in [-0.15, -0.1) is 0 Å². The lowest BCUT2D eigenvalue weighted by atomic mass is 9.98. The summed E-state index contributed by atoms with van der Waals surface area (Å²) in [5.41, 5.74) is 1.43. The van der Waals surface area contributed by atoms with Crippen LogP contribution in [0.3, 0.4) is 0 Å². The Balaban J connectivity index is 1.78. The number of amides is 1. The normalized spacial score (nSPS) is 17.9. The average Bonchev–Trinajstić information content (AvgIpc) is 3.14. The van der Waals surface area contributed by atoms with Gasteiger partial charge >= 0.3 is 0 Å². The minimum absolute atomic E-state index is 0.0421. The van der Waals surface area contributed by atoms with Crippen molar-refractivity contribution in [3.63, 3.8) is 0 Å². The number of hydrogen-bond donors (Lipinski definition) is 0. The van der Waals surface area contributed by atoms with Gasteiger partial charge in [0.2, 0.25) is 0 Å². The standard InChI is InChI=1S/C19H25ClN4O/c1-22(2)13-9-15-6-3-4-11-23(15)19(25)17-8-7-16(14-18(17)20)24-12-5-10-21-24/h5,7-8,10,12,14-15H,3-4,6,9,11,13H2,1-2H3. The molecule has 6 heteroatoms. The lowest BCUT2D eigenvalue weighted by Gasteiger charge is -2.36. The second-order valence-corrected chi connectivity index (χ2v) is 7.26. The van der Waals surface area contributed by atoms with Gasteiger partial charge in [0, 0.05) is 25.0 Å². The smallest absolute Gasteiger partial charge is 0.255 e. The quantitative estimate of drug-likeness (QED) is 0.819. The minimum Gasteiger partial charge on any atom is -0.336 e. The number of benzene rings is 1. The summed E-state index contributed by atoms with van der Waals surface area (Å²) in [7, 11) is 4.14. The van der Waals surface area contributed by atoms with E-state index < -0.39 is 0 Å². The molecule has 1 unspecified atom stereocenters. The molecule has 2 heterocycles. The molecule has 0 radical (unpaired) electrons. The summed E-state index contributed by atoms with van der Waals surface area (Å²) in [5, 5.41) is 4.68. The van der Waals surface area contributed by atoms with Crippen LogP contribution < -0.4 is 0 Å². The van der Waals surface area contributed by atoms with Gasteiger partial charge in [-0.1, -0.05) is 11.6 Å². The minimum atomic E-state index is 0.0421. The van der Waals surface area contributed by atoms with Crippen molar-refractivity contribution in [1.82, 2.24) is 19.6 Å². The van der Waals surface area contributed by atoms with E-state index in [-0.39, 0.29) is 5.91 Å². The lowest BCUT2D eigenvalue weighted by molar-refractivity contribution is 0.0591. The topological polar surface area (TPSA) is 41.4 Å². The third-order valence-electron chi connectivity index (χ3n) is 4.75. The van der Waals surface area contributed by atoms with Crippen molar-refractivity contribution in [2.75, 3.05) is 27.2 Å². The van der Waals surface area contributed by atoms with Crippen LogP contribution in [0.2, 0.25) is 5.02 Å². The molecule has 1 aromatic heterocycles. The molecule has 0 spiro atoms. The van der Waals surface area contributed by atoms with Gasteiger partial charge in [0.1, 0.15) is 0 Å². The number of rotatable bonds is 5. The summed E-state index contributed by atoms with van der Waals surface area (Å²) in [6.07, 6.45) is 7.90. The van der Waals surface area contributed by atoms with E-state index in [9.17, 15) is 4.79 Å². The SMILES string of the molecule is CN(C)CCC1CCCCN1C(=O)c1ccc(-n2cccn2)cc1Cl. The zero-order valence-electron chi connectivity index (χ0n) is 14.9. The number of nitrogens with zero attached hydrogens (tertiary/aromatic N) is 4. The van der Waals surface area contributed by atoms with Crippen LogP contribution in [0.5, 0.6) is 0 Å². The zero-order chi connectivity index (χ0) is 17.8. The zero-order valence-corrected chi connectivity index (χ0v) is 15.6. The highest BCUT2D eigenvalue weighted by molar-refractivity contribution is 6.34. The molecule has 0 saturated carbocycles. The third kappa shape index (κ3) is 4.22. The van der Waals surface area contributed by atoms with Crippen LogP contribution in [0.4, 0.5) is 0 Å².